The summed E-state index contributed by atoms with van der Waals surface area (Å²) < 4.78 is 12.7. The standard InChI is InChI=1S/C13H19FN2O2/c1-2-11(7-8-17)15-9-13(18)16-12-5-3-10(14)4-6-12/h3-6,11,15,17H,2,7-9H2,1H3,(H,16,18). The smallest absolute Gasteiger partial charge is 0.238 e. The van der Waals surface area contributed by atoms with Gasteiger partial charge in [-0.1, -0.05) is 6.92 Å². The van der Waals surface area contributed by atoms with Gasteiger partial charge in [0.2, 0.25) is 5.91 Å². The molecule has 0 saturated carbocycles. The quantitative estimate of drug-likeness (QED) is 0.691. The molecule has 0 aliphatic heterocycles. The molecule has 1 aromatic rings. The monoisotopic (exact) mass is 254 g/mol. The average molecular weight is 254 g/mol. The zero-order chi connectivity index (χ0) is 13.4. The lowest BCUT2D eigenvalue weighted by Crippen LogP contribution is -2.36. The molecular formula is C13H19FN2O2. The fraction of sp³-hybridized carbons (Fsp3) is 0.462. The second-order valence-corrected chi connectivity index (χ2v) is 4.05. The van der Waals surface area contributed by atoms with Crippen molar-refractivity contribution in [2.24, 2.45) is 0 Å². The molecule has 1 atom stereocenters. The van der Waals surface area contributed by atoms with Gasteiger partial charge in [0.25, 0.3) is 0 Å². The van der Waals surface area contributed by atoms with Crippen molar-refractivity contribution >= 4 is 11.6 Å². The van der Waals surface area contributed by atoms with E-state index in [0.717, 1.165) is 6.42 Å². The number of halogens is 1. The van der Waals surface area contributed by atoms with Crippen LogP contribution in [0.15, 0.2) is 24.3 Å². The second-order valence-electron chi connectivity index (χ2n) is 4.05. The first kappa shape index (κ1) is 14.6. The lowest BCUT2D eigenvalue weighted by Gasteiger charge is -2.15. The predicted molar refractivity (Wildman–Crippen MR) is 68.8 cm³/mol. The molecule has 0 spiro atoms. The van der Waals surface area contributed by atoms with Crippen molar-refractivity contribution in [2.45, 2.75) is 25.8 Å². The first-order chi connectivity index (χ1) is 8.65. The Morgan fingerprint density at radius 2 is 2.06 bits per heavy atom. The number of carbonyl (C=O) groups excluding carboxylic acids is 1. The molecule has 0 radical (unpaired) electrons. The van der Waals surface area contributed by atoms with Crippen LogP contribution in [0.4, 0.5) is 10.1 Å². The van der Waals surface area contributed by atoms with E-state index in [4.69, 9.17) is 5.11 Å². The van der Waals surface area contributed by atoms with Gasteiger partial charge in [0.15, 0.2) is 0 Å². The number of aliphatic hydroxyl groups excluding tert-OH is 1. The SMILES string of the molecule is CCC(CCO)NCC(=O)Nc1ccc(F)cc1. The molecule has 0 saturated heterocycles. The van der Waals surface area contributed by atoms with Crippen LogP contribution in [-0.2, 0) is 4.79 Å². The summed E-state index contributed by atoms with van der Waals surface area (Å²) in [7, 11) is 0. The summed E-state index contributed by atoms with van der Waals surface area (Å²) in [6.45, 7) is 2.27. The Hall–Kier alpha value is -1.46. The molecule has 1 aromatic carbocycles. The van der Waals surface area contributed by atoms with Crippen LogP contribution in [0.2, 0.25) is 0 Å². The van der Waals surface area contributed by atoms with Crippen LogP contribution >= 0.6 is 0 Å². The van der Waals surface area contributed by atoms with Gasteiger partial charge in [-0.05, 0) is 37.1 Å². The van der Waals surface area contributed by atoms with Gasteiger partial charge in [0.05, 0.1) is 6.54 Å². The van der Waals surface area contributed by atoms with Crippen LogP contribution in [0.5, 0.6) is 0 Å². The van der Waals surface area contributed by atoms with Crippen molar-refractivity contribution in [3.63, 3.8) is 0 Å². The number of carbonyl (C=O) groups is 1. The Kier molecular flexibility index (Phi) is 6.32. The van der Waals surface area contributed by atoms with Crippen molar-refractivity contribution in [3.8, 4) is 0 Å². The number of hydrogen-bond acceptors (Lipinski definition) is 3. The molecule has 0 aliphatic rings. The van der Waals surface area contributed by atoms with Gasteiger partial charge in [-0.3, -0.25) is 4.79 Å². The summed E-state index contributed by atoms with van der Waals surface area (Å²) in [6, 6.07) is 5.75. The number of hydrogen-bond donors (Lipinski definition) is 3. The van der Waals surface area contributed by atoms with Crippen molar-refractivity contribution < 1.29 is 14.3 Å². The third kappa shape index (κ3) is 5.25. The zero-order valence-electron chi connectivity index (χ0n) is 10.4. The number of anilines is 1. The Morgan fingerprint density at radius 1 is 1.39 bits per heavy atom. The number of nitrogens with one attached hydrogen (secondary N) is 2. The highest BCUT2D eigenvalue weighted by Gasteiger charge is 2.08. The molecule has 0 fully saturated rings. The summed E-state index contributed by atoms with van der Waals surface area (Å²) in [5.41, 5.74) is 0.568. The molecule has 0 heterocycles. The largest absolute Gasteiger partial charge is 0.396 e. The first-order valence-electron chi connectivity index (χ1n) is 6.05. The van der Waals surface area contributed by atoms with Gasteiger partial charge < -0.3 is 15.7 Å². The normalized spacial score (nSPS) is 12.2. The highest BCUT2D eigenvalue weighted by atomic mass is 19.1. The Balaban J connectivity index is 2.35. The third-order valence-electron chi connectivity index (χ3n) is 2.65. The van der Waals surface area contributed by atoms with E-state index in [1.165, 1.54) is 24.3 Å². The molecule has 100 valence electrons. The number of rotatable bonds is 7. The first-order valence-corrected chi connectivity index (χ1v) is 6.05. The van der Waals surface area contributed by atoms with Crippen LogP contribution < -0.4 is 10.6 Å². The summed E-state index contributed by atoms with van der Waals surface area (Å²) in [4.78, 5) is 11.6. The van der Waals surface area contributed by atoms with Crippen molar-refractivity contribution in [1.82, 2.24) is 5.32 Å². The molecule has 1 unspecified atom stereocenters. The highest BCUT2D eigenvalue weighted by Crippen LogP contribution is 2.07. The van der Waals surface area contributed by atoms with E-state index in [2.05, 4.69) is 10.6 Å². The molecule has 4 nitrogen and oxygen atoms in total. The van der Waals surface area contributed by atoms with Crippen molar-refractivity contribution in [3.05, 3.63) is 30.1 Å². The van der Waals surface area contributed by atoms with E-state index in [9.17, 15) is 9.18 Å². The van der Waals surface area contributed by atoms with Gasteiger partial charge >= 0.3 is 0 Å². The highest BCUT2D eigenvalue weighted by molar-refractivity contribution is 5.92. The Morgan fingerprint density at radius 3 is 2.61 bits per heavy atom. The topological polar surface area (TPSA) is 61.4 Å². The van der Waals surface area contributed by atoms with E-state index in [-0.39, 0.29) is 30.9 Å². The van der Waals surface area contributed by atoms with E-state index in [1.54, 1.807) is 0 Å². The maximum Gasteiger partial charge on any atom is 0.238 e. The molecular weight excluding hydrogens is 235 g/mol. The molecule has 1 rings (SSSR count). The molecule has 1 amide bonds. The second kappa shape index (κ2) is 7.79. The minimum atomic E-state index is -0.333. The van der Waals surface area contributed by atoms with Crippen LogP contribution in [-0.4, -0.2) is 30.2 Å². The summed E-state index contributed by atoms with van der Waals surface area (Å²) >= 11 is 0. The summed E-state index contributed by atoms with van der Waals surface area (Å²) in [5.74, 6) is -0.516. The van der Waals surface area contributed by atoms with E-state index in [0.29, 0.717) is 12.1 Å². The van der Waals surface area contributed by atoms with Gasteiger partial charge in [0, 0.05) is 18.3 Å². The minimum absolute atomic E-state index is 0.102. The van der Waals surface area contributed by atoms with Crippen LogP contribution in [0.1, 0.15) is 19.8 Å². The van der Waals surface area contributed by atoms with Gasteiger partial charge in [-0.15, -0.1) is 0 Å². The lowest BCUT2D eigenvalue weighted by molar-refractivity contribution is -0.115. The van der Waals surface area contributed by atoms with E-state index in [1.807, 2.05) is 6.92 Å². The number of benzene rings is 1. The Labute approximate surface area is 106 Å². The fourth-order valence-electron chi connectivity index (χ4n) is 1.58. The molecule has 3 N–H and O–H groups in total. The molecule has 0 aromatic heterocycles. The molecule has 0 bridgehead atoms. The maximum atomic E-state index is 12.7. The zero-order valence-corrected chi connectivity index (χ0v) is 10.4. The van der Waals surface area contributed by atoms with Crippen LogP contribution in [0, 0.1) is 5.82 Å². The minimum Gasteiger partial charge on any atom is -0.396 e. The van der Waals surface area contributed by atoms with E-state index >= 15 is 0 Å². The summed E-state index contributed by atoms with van der Waals surface area (Å²) in [5, 5.41) is 14.5. The predicted octanol–water partition coefficient (Wildman–Crippen LogP) is 1.51. The van der Waals surface area contributed by atoms with Crippen molar-refractivity contribution in [2.75, 3.05) is 18.5 Å². The van der Waals surface area contributed by atoms with Gasteiger partial charge in [-0.2, -0.15) is 0 Å². The van der Waals surface area contributed by atoms with E-state index < -0.39 is 0 Å². The molecule has 5 heteroatoms. The lowest BCUT2D eigenvalue weighted by atomic mass is 10.1. The van der Waals surface area contributed by atoms with Crippen LogP contribution in [0.25, 0.3) is 0 Å². The Bertz CT molecular complexity index is 368. The molecule has 18 heavy (non-hydrogen) atoms. The average Bonchev–Trinajstić information content (AvgIpc) is 2.37. The number of aliphatic hydroxyl groups is 1. The maximum absolute atomic E-state index is 12.7. The summed E-state index contributed by atoms with van der Waals surface area (Å²) in [6.07, 6.45) is 1.48. The van der Waals surface area contributed by atoms with Gasteiger partial charge in [-0.25, -0.2) is 4.39 Å². The van der Waals surface area contributed by atoms with Crippen molar-refractivity contribution in [1.29, 1.82) is 0 Å². The van der Waals surface area contributed by atoms with Crippen LogP contribution in [0.3, 0.4) is 0 Å². The fourth-order valence-corrected chi connectivity index (χ4v) is 1.58. The third-order valence-corrected chi connectivity index (χ3v) is 2.65. The number of amides is 1. The molecule has 0 aliphatic carbocycles. The van der Waals surface area contributed by atoms with Gasteiger partial charge in [0.1, 0.15) is 5.82 Å².